The zero-order chi connectivity index (χ0) is 27.4. The molecule has 4 aromatic rings. The molecule has 4 heterocycles. The number of aryl methyl sites for hydroxylation is 1. The number of likely N-dealkylation sites (N-methyl/N-ethyl adjacent to an activating group) is 1. The summed E-state index contributed by atoms with van der Waals surface area (Å²) < 4.78 is 47.2. The number of esters is 1. The van der Waals surface area contributed by atoms with Crippen molar-refractivity contribution in [2.45, 2.75) is 32.4 Å². The Morgan fingerprint density at radius 1 is 1.16 bits per heavy atom. The highest BCUT2D eigenvalue weighted by Crippen LogP contribution is 2.46. The van der Waals surface area contributed by atoms with E-state index in [1.54, 1.807) is 17.5 Å². The molecule has 0 aliphatic carbocycles. The van der Waals surface area contributed by atoms with Crippen LogP contribution in [0.4, 0.5) is 18.9 Å². The lowest BCUT2D eigenvalue weighted by atomic mass is 9.83. The van der Waals surface area contributed by atoms with Crippen LogP contribution < -0.4 is 4.90 Å². The number of nitrogens with zero attached hydrogens (tertiary/aromatic N) is 2. The third-order valence-corrected chi connectivity index (χ3v) is 8.81. The monoisotopic (exact) mass is 556 g/mol. The number of carbonyl (C=O) groups is 2. The van der Waals surface area contributed by atoms with Crippen LogP contribution in [-0.2, 0) is 21.1 Å². The predicted molar refractivity (Wildman–Crippen MR) is 144 cm³/mol. The highest BCUT2D eigenvalue weighted by molar-refractivity contribution is 7.20. The fraction of sp³-hybridized carbons (Fsp3) is 0.250. The highest BCUT2D eigenvalue weighted by atomic mass is 32.1. The zero-order valence-electron chi connectivity index (χ0n) is 21.0. The Balaban J connectivity index is 1.41. The van der Waals surface area contributed by atoms with Crippen LogP contribution in [0, 0.1) is 6.92 Å². The fourth-order valence-electron chi connectivity index (χ4n) is 4.87. The van der Waals surface area contributed by atoms with Gasteiger partial charge in [-0.15, -0.1) is 22.7 Å². The predicted octanol–water partition coefficient (Wildman–Crippen LogP) is 7.39. The van der Waals surface area contributed by atoms with E-state index >= 15 is 0 Å². The Kier molecular flexibility index (Phi) is 6.43. The molecule has 0 radical (unpaired) electrons. The van der Waals surface area contributed by atoms with Gasteiger partial charge >= 0.3 is 12.1 Å². The summed E-state index contributed by atoms with van der Waals surface area (Å²) in [4.78, 5) is 32.7. The van der Waals surface area contributed by atoms with E-state index in [4.69, 9.17) is 4.74 Å². The molecule has 5 nitrogen and oxygen atoms in total. The molecule has 196 valence electrons. The molecule has 0 unspecified atom stereocenters. The van der Waals surface area contributed by atoms with E-state index in [0.29, 0.717) is 4.88 Å². The van der Waals surface area contributed by atoms with Gasteiger partial charge in [-0.25, -0.2) is 9.78 Å². The minimum absolute atomic E-state index is 0.00694. The van der Waals surface area contributed by atoms with Crippen molar-refractivity contribution < 1.29 is 27.5 Å². The van der Waals surface area contributed by atoms with E-state index in [-0.39, 0.29) is 26.4 Å². The molecular weight excluding hydrogens is 533 g/mol. The van der Waals surface area contributed by atoms with Gasteiger partial charge in [0.15, 0.2) is 12.4 Å². The Hall–Kier alpha value is -3.50. The van der Waals surface area contributed by atoms with Gasteiger partial charge in [0.25, 0.3) is 0 Å². The van der Waals surface area contributed by atoms with Crippen molar-refractivity contribution in [1.82, 2.24) is 4.98 Å². The van der Waals surface area contributed by atoms with Crippen molar-refractivity contribution in [1.29, 1.82) is 0 Å². The number of anilines is 1. The first-order chi connectivity index (χ1) is 17.9. The number of halogens is 3. The lowest BCUT2D eigenvalue weighted by molar-refractivity contribution is -0.136. The van der Waals surface area contributed by atoms with E-state index in [0.717, 1.165) is 34.4 Å². The standard InChI is InChI=1S/C28H23F3N2O3S2/c1-15-23-18(28(29,30)31)13-19(21-10-7-11-37-21)32-25(23)38-24(15)26(35)36-14-16(34)12-22-27(2,3)17-8-5-6-9-20(17)33(22)4/h5-13H,14H2,1-4H3/b22-12-. The second kappa shape index (κ2) is 9.36. The van der Waals surface area contributed by atoms with Crippen molar-refractivity contribution in [3.05, 3.63) is 81.2 Å². The average Bonchev–Trinajstić information content (AvgIpc) is 3.56. The van der Waals surface area contributed by atoms with E-state index in [2.05, 4.69) is 4.98 Å². The molecule has 0 fully saturated rings. The SMILES string of the molecule is Cc1c(C(=O)OCC(=O)/C=C2\N(C)c3ccccc3C2(C)C)sc2nc(-c3cccs3)cc(C(F)(F)F)c12. The van der Waals surface area contributed by atoms with Gasteiger partial charge in [0, 0.05) is 35.3 Å². The van der Waals surface area contributed by atoms with Gasteiger partial charge in [0.2, 0.25) is 0 Å². The maximum absolute atomic E-state index is 14.0. The number of benzene rings is 1. The van der Waals surface area contributed by atoms with Gasteiger partial charge in [0.1, 0.15) is 9.71 Å². The minimum atomic E-state index is -4.64. The van der Waals surface area contributed by atoms with Crippen LogP contribution >= 0.6 is 22.7 Å². The number of hydrogen-bond acceptors (Lipinski definition) is 7. The lowest BCUT2D eigenvalue weighted by Crippen LogP contribution is -2.25. The van der Waals surface area contributed by atoms with Crippen LogP contribution in [0.5, 0.6) is 0 Å². The Morgan fingerprint density at radius 3 is 2.55 bits per heavy atom. The van der Waals surface area contributed by atoms with Crippen molar-refractivity contribution in [2.75, 3.05) is 18.6 Å². The molecule has 0 spiro atoms. The van der Waals surface area contributed by atoms with Gasteiger partial charge < -0.3 is 9.64 Å². The molecule has 5 rings (SSSR count). The number of thiophene rings is 2. The summed E-state index contributed by atoms with van der Waals surface area (Å²) in [7, 11) is 1.87. The van der Waals surface area contributed by atoms with Crippen LogP contribution in [0.1, 0.15) is 40.2 Å². The number of para-hydroxylation sites is 1. The molecule has 1 aromatic carbocycles. The van der Waals surface area contributed by atoms with Gasteiger partial charge in [-0.1, -0.05) is 38.1 Å². The summed E-state index contributed by atoms with van der Waals surface area (Å²) in [5.41, 5.74) is 1.87. The first-order valence-electron chi connectivity index (χ1n) is 11.7. The number of aromatic nitrogens is 1. The van der Waals surface area contributed by atoms with Crippen molar-refractivity contribution in [2.24, 2.45) is 0 Å². The summed E-state index contributed by atoms with van der Waals surface area (Å²) >= 11 is 2.11. The molecule has 1 aliphatic heterocycles. The van der Waals surface area contributed by atoms with E-state index in [9.17, 15) is 22.8 Å². The molecule has 0 amide bonds. The molecule has 0 atom stereocenters. The van der Waals surface area contributed by atoms with Crippen molar-refractivity contribution in [3.8, 4) is 10.6 Å². The van der Waals surface area contributed by atoms with Gasteiger partial charge in [-0.2, -0.15) is 13.2 Å². The smallest absolute Gasteiger partial charge is 0.417 e. The molecule has 0 N–H and O–H groups in total. The first kappa shape index (κ1) is 26.1. The largest absolute Gasteiger partial charge is 0.453 e. The zero-order valence-corrected chi connectivity index (χ0v) is 22.6. The van der Waals surface area contributed by atoms with Crippen LogP contribution in [0.2, 0.25) is 0 Å². The Bertz CT molecular complexity index is 1600. The molecular formula is C28H23F3N2O3S2. The summed E-state index contributed by atoms with van der Waals surface area (Å²) in [5, 5.41) is 1.63. The number of rotatable bonds is 5. The second-order valence-corrected chi connectivity index (χ2v) is 11.5. The maximum atomic E-state index is 14.0. The van der Waals surface area contributed by atoms with Crippen molar-refractivity contribution in [3.63, 3.8) is 0 Å². The number of allylic oxidation sites excluding steroid dienone is 1. The molecule has 3 aromatic heterocycles. The summed E-state index contributed by atoms with van der Waals surface area (Å²) in [6, 6.07) is 12.3. The van der Waals surface area contributed by atoms with Gasteiger partial charge in [0.05, 0.1) is 16.1 Å². The summed E-state index contributed by atoms with van der Waals surface area (Å²) in [6.45, 7) is 4.93. The number of hydrogen-bond donors (Lipinski definition) is 0. The number of alkyl halides is 3. The van der Waals surface area contributed by atoms with E-state index in [1.807, 2.05) is 50.1 Å². The Morgan fingerprint density at radius 2 is 1.89 bits per heavy atom. The normalized spacial score (nSPS) is 15.8. The van der Waals surface area contributed by atoms with Crippen LogP contribution in [0.25, 0.3) is 20.8 Å². The van der Waals surface area contributed by atoms with E-state index in [1.165, 1.54) is 24.3 Å². The summed E-state index contributed by atoms with van der Waals surface area (Å²) in [5.74, 6) is -1.28. The van der Waals surface area contributed by atoms with Crippen LogP contribution in [-0.4, -0.2) is 30.4 Å². The number of ether oxygens (including phenoxy) is 1. The first-order valence-corrected chi connectivity index (χ1v) is 13.4. The Labute approximate surface area is 225 Å². The quantitative estimate of drug-likeness (QED) is 0.190. The van der Waals surface area contributed by atoms with Crippen LogP contribution in [0.15, 0.2) is 59.6 Å². The minimum Gasteiger partial charge on any atom is -0.453 e. The highest BCUT2D eigenvalue weighted by Gasteiger charge is 2.39. The van der Waals surface area contributed by atoms with Crippen molar-refractivity contribution >= 4 is 50.3 Å². The van der Waals surface area contributed by atoms with E-state index < -0.39 is 35.5 Å². The number of ketones is 1. The summed E-state index contributed by atoms with van der Waals surface area (Å²) in [6.07, 6.45) is -3.18. The molecule has 38 heavy (non-hydrogen) atoms. The molecule has 0 bridgehead atoms. The fourth-order valence-corrected chi connectivity index (χ4v) is 6.65. The molecule has 1 aliphatic rings. The van der Waals surface area contributed by atoms with Crippen LogP contribution in [0.3, 0.4) is 0 Å². The lowest BCUT2D eigenvalue weighted by Gasteiger charge is -2.23. The number of carbonyl (C=O) groups excluding carboxylic acids is 2. The third-order valence-electron chi connectivity index (χ3n) is 6.75. The average molecular weight is 557 g/mol. The molecule has 10 heteroatoms. The second-order valence-electron chi connectivity index (χ2n) is 9.54. The number of fused-ring (bicyclic) bond motifs is 2. The molecule has 0 saturated carbocycles. The maximum Gasteiger partial charge on any atom is 0.417 e. The van der Waals surface area contributed by atoms with Gasteiger partial charge in [-0.3, -0.25) is 4.79 Å². The molecule has 0 saturated heterocycles. The van der Waals surface area contributed by atoms with Gasteiger partial charge in [-0.05, 0) is 41.6 Å². The topological polar surface area (TPSA) is 59.5 Å². The third kappa shape index (κ3) is 4.41. The number of pyridine rings is 1.